The fourth-order valence-corrected chi connectivity index (χ4v) is 3.06. The van der Waals surface area contributed by atoms with Crippen LogP contribution in [0, 0.1) is 0 Å². The van der Waals surface area contributed by atoms with Gasteiger partial charge in [-0.3, -0.25) is 14.5 Å². The summed E-state index contributed by atoms with van der Waals surface area (Å²) in [6, 6.07) is 7.53. The number of thiophene rings is 1. The third-order valence-electron chi connectivity index (χ3n) is 3.52. The van der Waals surface area contributed by atoms with E-state index in [-0.39, 0.29) is 17.9 Å². The van der Waals surface area contributed by atoms with Crippen LogP contribution in [0.4, 0.5) is 5.69 Å². The fourth-order valence-electron chi connectivity index (χ4n) is 2.31. The van der Waals surface area contributed by atoms with Crippen LogP contribution in [0.2, 0.25) is 0 Å². The first-order valence-electron chi connectivity index (χ1n) is 6.33. The number of amides is 2. The van der Waals surface area contributed by atoms with Gasteiger partial charge in [-0.25, -0.2) is 0 Å². The maximum absolute atomic E-state index is 12.0. The molecule has 3 rings (SSSR count). The highest BCUT2D eigenvalue weighted by Gasteiger charge is 2.32. The maximum atomic E-state index is 12.0. The van der Waals surface area contributed by atoms with E-state index in [1.54, 1.807) is 23.5 Å². The Morgan fingerprint density at radius 2 is 1.90 bits per heavy atom. The Labute approximate surface area is 121 Å². The zero-order valence-electron chi connectivity index (χ0n) is 11.2. The Hall–Kier alpha value is -2.14. The zero-order valence-corrected chi connectivity index (χ0v) is 12.0. The highest BCUT2D eigenvalue weighted by molar-refractivity contribution is 7.08. The molecule has 5 heteroatoms. The van der Waals surface area contributed by atoms with Crippen molar-refractivity contribution in [3.05, 3.63) is 51.7 Å². The molecule has 1 atom stereocenters. The first-order chi connectivity index (χ1) is 9.58. The highest BCUT2D eigenvalue weighted by Crippen LogP contribution is 2.27. The van der Waals surface area contributed by atoms with E-state index >= 15 is 0 Å². The summed E-state index contributed by atoms with van der Waals surface area (Å²) in [5.74, 6) is -0.473. The van der Waals surface area contributed by atoms with Gasteiger partial charge in [0.15, 0.2) is 0 Å². The molecule has 0 bridgehead atoms. The van der Waals surface area contributed by atoms with Crippen LogP contribution in [0.25, 0.3) is 0 Å². The lowest BCUT2D eigenvalue weighted by Gasteiger charge is -2.14. The van der Waals surface area contributed by atoms with Crippen molar-refractivity contribution in [3.63, 3.8) is 0 Å². The van der Waals surface area contributed by atoms with E-state index in [1.165, 1.54) is 12.6 Å². The SMILES string of the molecule is CC(Nc1ccc2c(c1)C(=O)N(C)C2=O)c1ccsc1. The maximum Gasteiger partial charge on any atom is 0.261 e. The Morgan fingerprint density at radius 3 is 2.60 bits per heavy atom. The molecule has 1 aromatic carbocycles. The lowest BCUT2D eigenvalue weighted by atomic mass is 10.1. The quantitative estimate of drug-likeness (QED) is 0.882. The lowest BCUT2D eigenvalue weighted by molar-refractivity contribution is 0.0693. The van der Waals surface area contributed by atoms with Gasteiger partial charge in [-0.1, -0.05) is 0 Å². The predicted octanol–water partition coefficient (Wildman–Crippen LogP) is 3.15. The Balaban J connectivity index is 1.87. The van der Waals surface area contributed by atoms with Gasteiger partial charge in [-0.15, -0.1) is 0 Å². The van der Waals surface area contributed by atoms with Gasteiger partial charge >= 0.3 is 0 Å². The number of fused-ring (bicyclic) bond motifs is 1. The average molecular weight is 286 g/mol. The van der Waals surface area contributed by atoms with Crippen molar-refractivity contribution < 1.29 is 9.59 Å². The summed E-state index contributed by atoms with van der Waals surface area (Å²) in [4.78, 5) is 24.9. The monoisotopic (exact) mass is 286 g/mol. The minimum atomic E-state index is -0.239. The zero-order chi connectivity index (χ0) is 14.3. The molecule has 102 valence electrons. The van der Waals surface area contributed by atoms with Gasteiger partial charge in [0.1, 0.15) is 0 Å². The molecule has 0 spiro atoms. The van der Waals surface area contributed by atoms with E-state index in [9.17, 15) is 9.59 Å². The van der Waals surface area contributed by atoms with E-state index in [0.717, 1.165) is 10.6 Å². The van der Waals surface area contributed by atoms with Gasteiger partial charge < -0.3 is 5.32 Å². The fraction of sp³-hybridized carbons (Fsp3) is 0.200. The largest absolute Gasteiger partial charge is 0.378 e. The van der Waals surface area contributed by atoms with Crippen molar-refractivity contribution in [2.45, 2.75) is 13.0 Å². The summed E-state index contributed by atoms with van der Waals surface area (Å²) in [5, 5.41) is 7.47. The average Bonchev–Trinajstić information content (AvgIpc) is 3.04. The molecule has 1 aliphatic heterocycles. The minimum absolute atomic E-state index is 0.157. The number of anilines is 1. The molecule has 2 amide bonds. The number of imide groups is 1. The number of hydrogen-bond donors (Lipinski definition) is 1. The van der Waals surface area contributed by atoms with E-state index < -0.39 is 0 Å². The molecule has 0 aliphatic carbocycles. The molecule has 0 saturated carbocycles. The van der Waals surface area contributed by atoms with Gasteiger partial charge in [-0.2, -0.15) is 11.3 Å². The van der Waals surface area contributed by atoms with Crippen LogP contribution in [-0.4, -0.2) is 23.8 Å². The van der Waals surface area contributed by atoms with Crippen molar-refractivity contribution in [1.82, 2.24) is 4.90 Å². The Morgan fingerprint density at radius 1 is 1.15 bits per heavy atom. The summed E-state index contributed by atoms with van der Waals surface area (Å²) in [6.07, 6.45) is 0. The summed E-state index contributed by atoms with van der Waals surface area (Å²) in [6.45, 7) is 2.06. The van der Waals surface area contributed by atoms with Crippen LogP contribution in [-0.2, 0) is 0 Å². The first kappa shape index (κ1) is 12.9. The van der Waals surface area contributed by atoms with Gasteiger partial charge in [0, 0.05) is 18.8 Å². The summed E-state index contributed by atoms with van der Waals surface area (Å²) < 4.78 is 0. The molecule has 2 aromatic rings. The van der Waals surface area contributed by atoms with E-state index in [1.807, 2.05) is 11.4 Å². The third-order valence-corrected chi connectivity index (χ3v) is 4.22. The van der Waals surface area contributed by atoms with Crippen molar-refractivity contribution in [2.75, 3.05) is 12.4 Å². The van der Waals surface area contributed by atoms with Crippen LogP contribution in [0.5, 0.6) is 0 Å². The first-order valence-corrected chi connectivity index (χ1v) is 7.27. The molecular weight excluding hydrogens is 272 g/mol. The van der Waals surface area contributed by atoms with Crippen LogP contribution in [0.15, 0.2) is 35.0 Å². The molecule has 1 aliphatic rings. The number of benzene rings is 1. The molecule has 0 radical (unpaired) electrons. The van der Waals surface area contributed by atoms with Gasteiger partial charge in [-0.05, 0) is 47.5 Å². The molecule has 0 saturated heterocycles. The third kappa shape index (κ3) is 2.00. The summed E-state index contributed by atoms with van der Waals surface area (Å²) in [7, 11) is 1.51. The molecular formula is C15H14N2O2S. The molecule has 0 fully saturated rings. The predicted molar refractivity (Wildman–Crippen MR) is 79.2 cm³/mol. The number of carbonyl (C=O) groups is 2. The summed E-state index contributed by atoms with van der Waals surface area (Å²) in [5.41, 5.74) is 3.00. The number of rotatable bonds is 3. The van der Waals surface area contributed by atoms with E-state index in [4.69, 9.17) is 0 Å². The normalized spacial score (nSPS) is 15.4. The van der Waals surface area contributed by atoms with Crippen molar-refractivity contribution in [1.29, 1.82) is 0 Å². The van der Waals surface area contributed by atoms with Crippen LogP contribution >= 0.6 is 11.3 Å². The molecule has 1 N–H and O–H groups in total. The number of nitrogens with zero attached hydrogens (tertiary/aromatic N) is 1. The van der Waals surface area contributed by atoms with Gasteiger partial charge in [0.2, 0.25) is 0 Å². The van der Waals surface area contributed by atoms with Crippen molar-refractivity contribution >= 4 is 28.8 Å². The molecule has 1 aromatic heterocycles. The van der Waals surface area contributed by atoms with E-state index in [0.29, 0.717) is 11.1 Å². The van der Waals surface area contributed by atoms with Crippen LogP contribution < -0.4 is 5.32 Å². The molecule has 1 unspecified atom stereocenters. The molecule has 20 heavy (non-hydrogen) atoms. The highest BCUT2D eigenvalue weighted by atomic mass is 32.1. The number of carbonyl (C=O) groups excluding carboxylic acids is 2. The van der Waals surface area contributed by atoms with Crippen molar-refractivity contribution in [2.24, 2.45) is 0 Å². The standard InChI is InChI=1S/C15H14N2O2S/c1-9(10-5-6-20-8-10)16-11-3-4-12-13(7-11)15(19)17(2)14(12)18/h3-9,16H,1-2H3. The van der Waals surface area contributed by atoms with Gasteiger partial charge in [0.25, 0.3) is 11.8 Å². The minimum Gasteiger partial charge on any atom is -0.378 e. The lowest BCUT2D eigenvalue weighted by Crippen LogP contribution is -2.24. The Kier molecular flexibility index (Phi) is 3.06. The second-order valence-corrected chi connectivity index (χ2v) is 5.63. The Bertz CT molecular complexity index is 679. The number of nitrogens with one attached hydrogen (secondary N) is 1. The molecule has 2 heterocycles. The second kappa shape index (κ2) is 4.76. The van der Waals surface area contributed by atoms with Crippen LogP contribution in [0.1, 0.15) is 39.2 Å². The number of hydrogen-bond acceptors (Lipinski definition) is 4. The van der Waals surface area contributed by atoms with Gasteiger partial charge in [0.05, 0.1) is 11.1 Å². The molecule has 4 nitrogen and oxygen atoms in total. The van der Waals surface area contributed by atoms with Crippen LogP contribution in [0.3, 0.4) is 0 Å². The smallest absolute Gasteiger partial charge is 0.261 e. The summed E-state index contributed by atoms with van der Waals surface area (Å²) >= 11 is 1.65. The topological polar surface area (TPSA) is 49.4 Å². The second-order valence-electron chi connectivity index (χ2n) is 4.85. The van der Waals surface area contributed by atoms with Crippen molar-refractivity contribution in [3.8, 4) is 0 Å². The van der Waals surface area contributed by atoms with E-state index in [2.05, 4.69) is 23.7 Å².